The van der Waals surface area contributed by atoms with Crippen LogP contribution in [0.25, 0.3) is 11.1 Å². The van der Waals surface area contributed by atoms with E-state index in [0.717, 1.165) is 42.0 Å². The maximum atomic E-state index is 13.0. The second kappa shape index (κ2) is 7.89. The highest BCUT2D eigenvalue weighted by molar-refractivity contribution is 5.77. The van der Waals surface area contributed by atoms with Crippen molar-refractivity contribution >= 4 is 17.0 Å². The van der Waals surface area contributed by atoms with E-state index in [9.17, 15) is 9.59 Å². The predicted octanol–water partition coefficient (Wildman–Crippen LogP) is 3.51. The summed E-state index contributed by atoms with van der Waals surface area (Å²) in [6, 6.07) is 13.4. The van der Waals surface area contributed by atoms with Crippen LogP contribution in [0.5, 0.6) is 11.5 Å². The first-order valence-electron chi connectivity index (χ1n) is 10.5. The van der Waals surface area contributed by atoms with Crippen LogP contribution in [0.1, 0.15) is 37.3 Å². The first-order valence-corrected chi connectivity index (χ1v) is 10.5. The zero-order chi connectivity index (χ0) is 20.5. The SMILES string of the molecule is O=C(CCCn1c(=O)oc2ccccc21)N1CCC[C@@H]1c1ccc2c(c1)OCCO2. The van der Waals surface area contributed by atoms with Crippen molar-refractivity contribution in [3.05, 3.63) is 58.6 Å². The number of benzene rings is 2. The Labute approximate surface area is 173 Å². The molecule has 2 aliphatic rings. The molecule has 0 unspecified atom stereocenters. The zero-order valence-electron chi connectivity index (χ0n) is 16.7. The van der Waals surface area contributed by atoms with Gasteiger partial charge in [-0.2, -0.15) is 0 Å². The third-order valence-corrected chi connectivity index (χ3v) is 5.87. The second-order valence-corrected chi connectivity index (χ2v) is 7.74. The number of hydrogen-bond acceptors (Lipinski definition) is 5. The molecule has 0 radical (unpaired) electrons. The minimum atomic E-state index is -0.376. The first kappa shape index (κ1) is 18.8. The summed E-state index contributed by atoms with van der Waals surface area (Å²) in [6.07, 6.45) is 2.91. The van der Waals surface area contributed by atoms with Gasteiger partial charge < -0.3 is 18.8 Å². The Balaban J connectivity index is 1.25. The van der Waals surface area contributed by atoms with Gasteiger partial charge in [-0.25, -0.2) is 4.79 Å². The van der Waals surface area contributed by atoms with Crippen molar-refractivity contribution in [3.63, 3.8) is 0 Å². The van der Waals surface area contributed by atoms with E-state index in [-0.39, 0.29) is 17.7 Å². The molecule has 1 aromatic heterocycles. The van der Waals surface area contributed by atoms with E-state index in [2.05, 4.69) is 0 Å². The van der Waals surface area contributed by atoms with Crippen LogP contribution in [0, 0.1) is 0 Å². The molecule has 0 aliphatic carbocycles. The first-order chi connectivity index (χ1) is 14.7. The van der Waals surface area contributed by atoms with Gasteiger partial charge in [-0.15, -0.1) is 0 Å². The Bertz CT molecular complexity index is 1130. The molecule has 3 heterocycles. The van der Waals surface area contributed by atoms with Crippen LogP contribution in [-0.4, -0.2) is 35.1 Å². The quantitative estimate of drug-likeness (QED) is 0.646. The number of hydrogen-bond donors (Lipinski definition) is 0. The van der Waals surface area contributed by atoms with Crippen molar-refractivity contribution in [3.8, 4) is 11.5 Å². The number of ether oxygens (including phenoxy) is 2. The third-order valence-electron chi connectivity index (χ3n) is 5.87. The van der Waals surface area contributed by atoms with E-state index in [1.54, 1.807) is 10.6 Å². The maximum absolute atomic E-state index is 13.0. The van der Waals surface area contributed by atoms with E-state index < -0.39 is 0 Å². The number of oxazole rings is 1. The minimum absolute atomic E-state index is 0.0609. The Morgan fingerprint density at radius 2 is 1.90 bits per heavy atom. The molecule has 1 fully saturated rings. The van der Waals surface area contributed by atoms with Crippen LogP contribution in [0.4, 0.5) is 0 Å². The van der Waals surface area contributed by atoms with Gasteiger partial charge in [0.15, 0.2) is 17.1 Å². The van der Waals surface area contributed by atoms with Crippen LogP contribution in [0.15, 0.2) is 51.7 Å². The summed E-state index contributed by atoms with van der Waals surface area (Å²) in [5, 5.41) is 0. The van der Waals surface area contributed by atoms with Gasteiger partial charge in [-0.05, 0) is 49.1 Å². The number of carbonyl (C=O) groups excluding carboxylic acids is 1. The number of nitrogens with zero attached hydrogens (tertiary/aromatic N) is 2. The topological polar surface area (TPSA) is 73.9 Å². The normalized spacial score (nSPS) is 18.1. The predicted molar refractivity (Wildman–Crippen MR) is 111 cm³/mol. The third kappa shape index (κ3) is 3.44. The molecule has 30 heavy (non-hydrogen) atoms. The van der Waals surface area contributed by atoms with Crippen molar-refractivity contribution in [2.75, 3.05) is 19.8 Å². The fourth-order valence-corrected chi connectivity index (χ4v) is 4.44. The number of likely N-dealkylation sites (tertiary alicyclic amines) is 1. The molecule has 5 rings (SSSR count). The molecule has 0 bridgehead atoms. The van der Waals surface area contributed by atoms with Crippen LogP contribution in [0.2, 0.25) is 0 Å². The zero-order valence-corrected chi connectivity index (χ0v) is 16.7. The maximum Gasteiger partial charge on any atom is 0.419 e. The number of para-hydroxylation sites is 2. The average Bonchev–Trinajstić information content (AvgIpc) is 3.38. The summed E-state index contributed by atoms with van der Waals surface area (Å²) in [4.78, 5) is 27.0. The molecule has 1 saturated heterocycles. The molecule has 0 spiro atoms. The summed E-state index contributed by atoms with van der Waals surface area (Å²) in [7, 11) is 0. The van der Waals surface area contributed by atoms with Crippen molar-refractivity contribution in [2.45, 2.75) is 38.3 Å². The largest absolute Gasteiger partial charge is 0.486 e. The van der Waals surface area contributed by atoms with Crippen LogP contribution in [0.3, 0.4) is 0 Å². The van der Waals surface area contributed by atoms with Crippen molar-refractivity contribution in [1.29, 1.82) is 0 Å². The smallest absolute Gasteiger partial charge is 0.419 e. The molecule has 3 aromatic rings. The van der Waals surface area contributed by atoms with Crippen LogP contribution < -0.4 is 15.2 Å². The summed E-state index contributed by atoms with van der Waals surface area (Å²) >= 11 is 0. The molecule has 0 saturated carbocycles. The lowest BCUT2D eigenvalue weighted by atomic mass is 10.0. The van der Waals surface area contributed by atoms with Gasteiger partial charge in [0.2, 0.25) is 5.91 Å². The van der Waals surface area contributed by atoms with E-state index in [0.29, 0.717) is 38.2 Å². The molecule has 1 atom stereocenters. The summed E-state index contributed by atoms with van der Waals surface area (Å²) < 4.78 is 18.2. The van der Waals surface area contributed by atoms with Gasteiger partial charge in [0.25, 0.3) is 0 Å². The number of amides is 1. The monoisotopic (exact) mass is 408 g/mol. The van der Waals surface area contributed by atoms with Crippen LogP contribution >= 0.6 is 0 Å². The molecule has 156 valence electrons. The molecule has 1 amide bonds. The lowest BCUT2D eigenvalue weighted by molar-refractivity contribution is -0.132. The van der Waals surface area contributed by atoms with Gasteiger partial charge in [0, 0.05) is 19.5 Å². The molecule has 2 aliphatic heterocycles. The Morgan fingerprint density at radius 3 is 2.80 bits per heavy atom. The highest BCUT2D eigenvalue weighted by Crippen LogP contribution is 2.38. The fraction of sp³-hybridized carbons (Fsp3) is 0.391. The van der Waals surface area contributed by atoms with Crippen LogP contribution in [-0.2, 0) is 11.3 Å². The average molecular weight is 408 g/mol. The highest BCUT2D eigenvalue weighted by Gasteiger charge is 2.30. The highest BCUT2D eigenvalue weighted by atomic mass is 16.6. The number of fused-ring (bicyclic) bond motifs is 2. The lowest BCUT2D eigenvalue weighted by Crippen LogP contribution is -2.30. The fourth-order valence-electron chi connectivity index (χ4n) is 4.44. The van der Waals surface area contributed by atoms with Gasteiger partial charge in [0.05, 0.1) is 11.6 Å². The molecule has 2 aromatic carbocycles. The number of aromatic nitrogens is 1. The standard InChI is InChI=1S/C23H24N2O5/c26-22(8-4-12-25-18-5-1-2-7-19(18)30-23(25)27)24-11-3-6-17(24)16-9-10-20-21(15-16)29-14-13-28-20/h1-2,5,7,9-10,15,17H,3-4,6,8,11-14H2/t17-/m1/s1. The molecule has 0 N–H and O–H groups in total. The van der Waals surface area contributed by atoms with Gasteiger partial charge in [0.1, 0.15) is 13.2 Å². The van der Waals surface area contributed by atoms with Gasteiger partial charge in [-0.3, -0.25) is 9.36 Å². The van der Waals surface area contributed by atoms with Gasteiger partial charge in [-0.1, -0.05) is 18.2 Å². The van der Waals surface area contributed by atoms with Gasteiger partial charge >= 0.3 is 5.76 Å². The second-order valence-electron chi connectivity index (χ2n) is 7.74. The summed E-state index contributed by atoms with van der Waals surface area (Å²) in [5.74, 6) is 1.26. The number of carbonyl (C=O) groups is 1. The summed E-state index contributed by atoms with van der Waals surface area (Å²) in [5.41, 5.74) is 2.43. The van der Waals surface area contributed by atoms with E-state index in [1.165, 1.54) is 0 Å². The molecular weight excluding hydrogens is 384 g/mol. The Morgan fingerprint density at radius 1 is 1.07 bits per heavy atom. The minimum Gasteiger partial charge on any atom is -0.486 e. The Hall–Kier alpha value is -3.22. The van der Waals surface area contributed by atoms with Crippen molar-refractivity contribution < 1.29 is 18.7 Å². The lowest BCUT2D eigenvalue weighted by Gasteiger charge is -2.27. The van der Waals surface area contributed by atoms with Crippen molar-refractivity contribution in [1.82, 2.24) is 9.47 Å². The number of aryl methyl sites for hydroxylation is 1. The van der Waals surface area contributed by atoms with E-state index in [4.69, 9.17) is 13.9 Å². The summed E-state index contributed by atoms with van der Waals surface area (Å²) in [6.45, 7) is 2.33. The molecule has 7 nitrogen and oxygen atoms in total. The molecular formula is C23H24N2O5. The molecule has 7 heteroatoms. The van der Waals surface area contributed by atoms with E-state index in [1.807, 2.05) is 41.3 Å². The van der Waals surface area contributed by atoms with E-state index >= 15 is 0 Å². The van der Waals surface area contributed by atoms with Crippen molar-refractivity contribution in [2.24, 2.45) is 0 Å². The Kier molecular flexibility index (Phi) is 4.94. The number of rotatable bonds is 5.